The van der Waals surface area contributed by atoms with Crippen molar-refractivity contribution in [3.8, 4) is 0 Å². The fourth-order valence-electron chi connectivity index (χ4n) is 3.76. The summed E-state index contributed by atoms with van der Waals surface area (Å²) in [5, 5.41) is 12.8. The fourth-order valence-corrected chi connectivity index (χ4v) is 3.76. The topological polar surface area (TPSA) is 52.6 Å². The zero-order chi connectivity index (χ0) is 14.5. The first-order chi connectivity index (χ1) is 9.56. The van der Waals surface area contributed by atoms with Crippen LogP contribution in [0.1, 0.15) is 46.0 Å². The van der Waals surface area contributed by atoms with Gasteiger partial charge < -0.3 is 15.3 Å². The van der Waals surface area contributed by atoms with Gasteiger partial charge in [0.15, 0.2) is 0 Å². The number of rotatable bonds is 6. The molecule has 1 heterocycles. The smallest absolute Gasteiger partial charge is 0.306 e. The zero-order valence-electron chi connectivity index (χ0n) is 13.0. The van der Waals surface area contributed by atoms with Crippen LogP contribution in [0, 0.1) is 17.8 Å². The van der Waals surface area contributed by atoms with Crippen molar-refractivity contribution in [2.45, 2.75) is 52.0 Å². The molecule has 2 fully saturated rings. The van der Waals surface area contributed by atoms with Crippen molar-refractivity contribution in [3.05, 3.63) is 0 Å². The van der Waals surface area contributed by atoms with E-state index in [1.54, 1.807) is 0 Å². The molecule has 2 aliphatic rings. The predicted molar refractivity (Wildman–Crippen MR) is 80.8 cm³/mol. The van der Waals surface area contributed by atoms with Gasteiger partial charge in [-0.1, -0.05) is 20.3 Å². The van der Waals surface area contributed by atoms with Gasteiger partial charge in [-0.05, 0) is 57.2 Å². The van der Waals surface area contributed by atoms with E-state index in [9.17, 15) is 9.90 Å². The Labute approximate surface area is 122 Å². The highest BCUT2D eigenvalue weighted by Crippen LogP contribution is 2.31. The number of hydrogen-bond donors (Lipinski definition) is 2. The third kappa shape index (κ3) is 4.45. The van der Waals surface area contributed by atoms with Crippen LogP contribution in [0.25, 0.3) is 0 Å². The standard InChI is InChI=1S/C16H30N2O2/c1-12(2)11-18-8-6-14(7-9-18)17-10-13-4-3-5-15(13)16(19)20/h12-15,17H,3-11H2,1-2H3,(H,19,20). The summed E-state index contributed by atoms with van der Waals surface area (Å²) in [6.45, 7) is 9.01. The molecule has 20 heavy (non-hydrogen) atoms. The van der Waals surface area contributed by atoms with Crippen LogP contribution in [0.2, 0.25) is 0 Å². The van der Waals surface area contributed by atoms with E-state index in [-0.39, 0.29) is 5.92 Å². The van der Waals surface area contributed by atoms with Crippen molar-refractivity contribution >= 4 is 5.97 Å². The SMILES string of the molecule is CC(C)CN1CCC(NCC2CCCC2C(=O)O)CC1. The van der Waals surface area contributed by atoms with Gasteiger partial charge in [0.25, 0.3) is 0 Å². The second kappa shape index (κ2) is 7.41. The largest absolute Gasteiger partial charge is 0.481 e. The summed E-state index contributed by atoms with van der Waals surface area (Å²) in [5.74, 6) is 0.389. The maximum atomic E-state index is 11.2. The number of likely N-dealkylation sites (tertiary alicyclic amines) is 1. The Bertz CT molecular complexity index is 312. The predicted octanol–water partition coefficient (Wildman–Crippen LogP) is 2.20. The number of carboxylic acids is 1. The molecule has 1 aliphatic heterocycles. The van der Waals surface area contributed by atoms with Crippen molar-refractivity contribution in [2.24, 2.45) is 17.8 Å². The van der Waals surface area contributed by atoms with Crippen LogP contribution >= 0.6 is 0 Å². The minimum atomic E-state index is -0.596. The lowest BCUT2D eigenvalue weighted by molar-refractivity contribution is -0.142. The van der Waals surface area contributed by atoms with E-state index in [4.69, 9.17) is 0 Å². The highest BCUT2D eigenvalue weighted by molar-refractivity contribution is 5.70. The number of aliphatic carboxylic acids is 1. The monoisotopic (exact) mass is 282 g/mol. The van der Waals surface area contributed by atoms with Crippen molar-refractivity contribution in [1.29, 1.82) is 0 Å². The van der Waals surface area contributed by atoms with E-state index in [0.29, 0.717) is 12.0 Å². The fraction of sp³-hybridized carbons (Fsp3) is 0.938. The van der Waals surface area contributed by atoms with Crippen LogP contribution in [0.3, 0.4) is 0 Å². The molecule has 4 heteroatoms. The first-order valence-electron chi connectivity index (χ1n) is 8.24. The molecule has 1 aliphatic carbocycles. The molecule has 4 nitrogen and oxygen atoms in total. The summed E-state index contributed by atoms with van der Waals surface area (Å²) >= 11 is 0. The van der Waals surface area contributed by atoms with Gasteiger partial charge in [0, 0.05) is 12.6 Å². The van der Waals surface area contributed by atoms with Crippen LogP contribution in [0.5, 0.6) is 0 Å². The second-order valence-electron chi connectivity index (χ2n) is 7.01. The van der Waals surface area contributed by atoms with Gasteiger partial charge in [0.05, 0.1) is 5.92 Å². The minimum Gasteiger partial charge on any atom is -0.481 e. The number of nitrogens with one attached hydrogen (secondary N) is 1. The second-order valence-corrected chi connectivity index (χ2v) is 7.01. The quantitative estimate of drug-likeness (QED) is 0.784. The van der Waals surface area contributed by atoms with E-state index >= 15 is 0 Å². The normalized spacial score (nSPS) is 29.1. The molecular weight excluding hydrogens is 252 g/mol. The van der Waals surface area contributed by atoms with Gasteiger partial charge in [-0.15, -0.1) is 0 Å². The van der Waals surface area contributed by atoms with E-state index in [0.717, 1.165) is 31.7 Å². The summed E-state index contributed by atoms with van der Waals surface area (Å²) in [5.41, 5.74) is 0. The summed E-state index contributed by atoms with van der Waals surface area (Å²) in [6.07, 6.45) is 5.44. The summed E-state index contributed by atoms with van der Waals surface area (Å²) in [6, 6.07) is 0.591. The van der Waals surface area contributed by atoms with Crippen molar-refractivity contribution in [2.75, 3.05) is 26.2 Å². The first kappa shape index (κ1) is 15.8. The van der Waals surface area contributed by atoms with Crippen molar-refractivity contribution < 1.29 is 9.90 Å². The summed E-state index contributed by atoms with van der Waals surface area (Å²) in [7, 11) is 0. The molecule has 1 saturated carbocycles. The van der Waals surface area contributed by atoms with Crippen LogP contribution in [-0.4, -0.2) is 48.2 Å². The Balaban J connectivity index is 1.67. The number of piperidine rings is 1. The molecule has 2 unspecified atom stereocenters. The third-order valence-electron chi connectivity index (χ3n) is 4.86. The number of carboxylic acid groups (broad SMARTS) is 1. The van der Waals surface area contributed by atoms with E-state index in [1.165, 1.54) is 32.5 Å². The van der Waals surface area contributed by atoms with Crippen LogP contribution < -0.4 is 5.32 Å². The number of carbonyl (C=O) groups is 1. The Morgan fingerprint density at radius 3 is 2.55 bits per heavy atom. The molecule has 0 aromatic heterocycles. The Morgan fingerprint density at radius 1 is 1.25 bits per heavy atom. The van der Waals surface area contributed by atoms with Crippen molar-refractivity contribution in [3.63, 3.8) is 0 Å². The average molecular weight is 282 g/mol. The third-order valence-corrected chi connectivity index (χ3v) is 4.86. The lowest BCUT2D eigenvalue weighted by atomic mass is 9.95. The summed E-state index contributed by atoms with van der Waals surface area (Å²) in [4.78, 5) is 13.7. The molecule has 116 valence electrons. The lowest BCUT2D eigenvalue weighted by Gasteiger charge is -2.34. The molecule has 0 amide bonds. The maximum Gasteiger partial charge on any atom is 0.306 e. The molecule has 1 saturated heterocycles. The first-order valence-corrected chi connectivity index (χ1v) is 8.24. The molecule has 0 aromatic rings. The molecule has 2 atom stereocenters. The van der Waals surface area contributed by atoms with Gasteiger partial charge in [0.1, 0.15) is 0 Å². The van der Waals surface area contributed by atoms with Gasteiger partial charge in [-0.2, -0.15) is 0 Å². The Kier molecular flexibility index (Phi) is 5.85. The average Bonchev–Trinajstić information content (AvgIpc) is 2.86. The molecule has 0 bridgehead atoms. The zero-order valence-corrected chi connectivity index (χ0v) is 13.0. The van der Waals surface area contributed by atoms with Crippen LogP contribution in [0.4, 0.5) is 0 Å². The highest BCUT2D eigenvalue weighted by atomic mass is 16.4. The van der Waals surface area contributed by atoms with E-state index < -0.39 is 5.97 Å². The van der Waals surface area contributed by atoms with Gasteiger partial charge >= 0.3 is 5.97 Å². The lowest BCUT2D eigenvalue weighted by Crippen LogP contribution is -2.45. The van der Waals surface area contributed by atoms with Gasteiger partial charge in [-0.3, -0.25) is 4.79 Å². The van der Waals surface area contributed by atoms with Crippen LogP contribution in [0.15, 0.2) is 0 Å². The highest BCUT2D eigenvalue weighted by Gasteiger charge is 2.33. The van der Waals surface area contributed by atoms with E-state index in [1.807, 2.05) is 0 Å². The van der Waals surface area contributed by atoms with Gasteiger partial charge in [-0.25, -0.2) is 0 Å². The molecule has 0 spiro atoms. The van der Waals surface area contributed by atoms with Crippen molar-refractivity contribution in [1.82, 2.24) is 10.2 Å². The molecule has 2 N–H and O–H groups in total. The molecule has 0 radical (unpaired) electrons. The van der Waals surface area contributed by atoms with E-state index in [2.05, 4.69) is 24.1 Å². The number of nitrogens with zero attached hydrogens (tertiary/aromatic N) is 1. The maximum absolute atomic E-state index is 11.2. The summed E-state index contributed by atoms with van der Waals surface area (Å²) < 4.78 is 0. The molecule has 0 aromatic carbocycles. The Hall–Kier alpha value is -0.610. The van der Waals surface area contributed by atoms with Crippen LogP contribution in [-0.2, 0) is 4.79 Å². The molecule has 2 rings (SSSR count). The van der Waals surface area contributed by atoms with Gasteiger partial charge in [0.2, 0.25) is 0 Å². The Morgan fingerprint density at radius 2 is 1.95 bits per heavy atom. The number of hydrogen-bond acceptors (Lipinski definition) is 3. The molecular formula is C16H30N2O2. The minimum absolute atomic E-state index is 0.108.